The van der Waals surface area contributed by atoms with Crippen LogP contribution >= 0.6 is 34.9 Å². The number of nitrogens with one attached hydrogen (secondary N) is 1. The van der Waals surface area contributed by atoms with Crippen molar-refractivity contribution in [1.29, 1.82) is 0 Å². The van der Waals surface area contributed by atoms with E-state index in [9.17, 15) is 19.2 Å². The van der Waals surface area contributed by atoms with Crippen molar-refractivity contribution in [2.75, 3.05) is 37.9 Å². The number of carbonyl (C=O) groups is 4. The SMILES string of the molecule is CC(C)C(OC(=O)Cc1ccccc1)OC(=O)C1=C(CSc2nnnn2CCN(C)C)CS[C@@H]2[C@H](NC(=O)Cc3csc(N)n3)C(=O)N12. The lowest BCUT2D eigenvalue weighted by Gasteiger charge is -2.49. The molecule has 18 heteroatoms. The molecule has 2 aliphatic rings. The summed E-state index contributed by atoms with van der Waals surface area (Å²) < 4.78 is 13.1. The van der Waals surface area contributed by atoms with E-state index >= 15 is 0 Å². The zero-order valence-corrected chi connectivity index (χ0v) is 29.3. The van der Waals surface area contributed by atoms with Crippen molar-refractivity contribution in [3.8, 4) is 0 Å². The van der Waals surface area contributed by atoms with E-state index in [2.05, 4.69) is 25.8 Å². The minimum atomic E-state index is -1.20. The van der Waals surface area contributed by atoms with Crippen molar-refractivity contribution >= 4 is 63.7 Å². The number of anilines is 1. The molecule has 3 aromatic rings. The van der Waals surface area contributed by atoms with E-state index in [1.807, 2.05) is 37.2 Å². The normalized spacial score (nSPS) is 18.0. The highest BCUT2D eigenvalue weighted by Crippen LogP contribution is 2.42. The van der Waals surface area contributed by atoms with Gasteiger partial charge in [-0.25, -0.2) is 14.5 Å². The fourth-order valence-electron chi connectivity index (χ4n) is 4.85. The lowest BCUT2D eigenvalue weighted by atomic mass is 10.0. The summed E-state index contributed by atoms with van der Waals surface area (Å²) in [7, 11) is 3.90. The third-order valence-electron chi connectivity index (χ3n) is 7.31. The molecule has 2 amide bonds. The van der Waals surface area contributed by atoms with Crippen LogP contribution in [-0.4, -0.2) is 109 Å². The van der Waals surface area contributed by atoms with Crippen LogP contribution in [0.25, 0.3) is 0 Å². The van der Waals surface area contributed by atoms with Gasteiger partial charge >= 0.3 is 11.9 Å². The van der Waals surface area contributed by atoms with Gasteiger partial charge in [-0.15, -0.1) is 28.2 Å². The Hall–Kier alpha value is -4.00. The number of rotatable bonds is 15. The summed E-state index contributed by atoms with van der Waals surface area (Å²) in [5, 5.41) is 16.8. The second-order valence-corrected chi connectivity index (χ2v) is 14.6. The molecule has 3 atom stereocenters. The van der Waals surface area contributed by atoms with Crippen LogP contribution in [0.15, 0.2) is 52.1 Å². The van der Waals surface area contributed by atoms with Gasteiger partial charge < -0.3 is 25.4 Å². The highest BCUT2D eigenvalue weighted by atomic mass is 32.2. The van der Waals surface area contributed by atoms with Crippen molar-refractivity contribution in [2.24, 2.45) is 5.92 Å². The maximum atomic E-state index is 13.9. The Balaban J connectivity index is 1.33. The fraction of sp³-hybridized carbons (Fsp3) is 0.467. The van der Waals surface area contributed by atoms with Crippen molar-refractivity contribution < 1.29 is 28.7 Å². The number of ether oxygens (including phenoxy) is 2. The van der Waals surface area contributed by atoms with Gasteiger partial charge in [0.25, 0.3) is 5.91 Å². The van der Waals surface area contributed by atoms with Crippen LogP contribution in [0.4, 0.5) is 5.13 Å². The number of thiazole rings is 1. The molecule has 256 valence electrons. The lowest BCUT2D eigenvalue weighted by molar-refractivity contribution is -0.194. The molecule has 3 N–H and O–H groups in total. The summed E-state index contributed by atoms with van der Waals surface area (Å²) in [4.78, 5) is 60.6. The molecular formula is C30H37N9O6S3. The van der Waals surface area contributed by atoms with Gasteiger partial charge in [0, 0.05) is 29.3 Å². The number of tetrazole rings is 1. The number of hydrogen-bond acceptors (Lipinski definition) is 15. The topological polar surface area (TPSA) is 188 Å². The number of esters is 2. The van der Waals surface area contributed by atoms with E-state index in [-0.39, 0.29) is 30.4 Å². The smallest absolute Gasteiger partial charge is 0.358 e. The second-order valence-electron chi connectivity index (χ2n) is 11.7. The molecule has 5 rings (SSSR count). The van der Waals surface area contributed by atoms with Crippen LogP contribution in [-0.2, 0) is 48.0 Å². The average Bonchev–Trinajstić information content (AvgIpc) is 3.68. The number of hydrogen-bond donors (Lipinski definition) is 2. The second kappa shape index (κ2) is 15.9. The number of aromatic nitrogens is 5. The quantitative estimate of drug-likeness (QED) is 0.0999. The number of benzene rings is 1. The summed E-state index contributed by atoms with van der Waals surface area (Å²) in [6.07, 6.45) is -1.22. The largest absolute Gasteiger partial charge is 0.425 e. The molecule has 1 fully saturated rings. The van der Waals surface area contributed by atoms with E-state index in [4.69, 9.17) is 15.2 Å². The van der Waals surface area contributed by atoms with Crippen LogP contribution in [0.1, 0.15) is 25.1 Å². The number of carbonyl (C=O) groups excluding carboxylic acids is 4. The number of thioether (sulfide) groups is 2. The van der Waals surface area contributed by atoms with Crippen LogP contribution < -0.4 is 11.1 Å². The first-order chi connectivity index (χ1) is 23.0. The average molecular weight is 716 g/mol. The highest BCUT2D eigenvalue weighted by Gasteiger charge is 2.54. The molecule has 2 aromatic heterocycles. The summed E-state index contributed by atoms with van der Waals surface area (Å²) >= 11 is 3.99. The Morgan fingerprint density at radius 2 is 1.94 bits per heavy atom. The van der Waals surface area contributed by atoms with Crippen LogP contribution in [0, 0.1) is 5.92 Å². The van der Waals surface area contributed by atoms with Gasteiger partial charge in [0.2, 0.25) is 17.4 Å². The predicted molar refractivity (Wildman–Crippen MR) is 180 cm³/mol. The van der Waals surface area contributed by atoms with Gasteiger partial charge in [-0.2, -0.15) is 0 Å². The van der Waals surface area contributed by atoms with E-state index in [1.54, 1.807) is 36.0 Å². The maximum absolute atomic E-state index is 13.9. The Bertz CT molecular complexity index is 1660. The van der Waals surface area contributed by atoms with Gasteiger partial charge in [0.1, 0.15) is 17.1 Å². The first-order valence-corrected chi connectivity index (χ1v) is 18.1. The lowest BCUT2D eigenvalue weighted by Crippen LogP contribution is -2.70. The number of β-lactam (4-membered cyclic amide) rings is 1. The summed E-state index contributed by atoms with van der Waals surface area (Å²) in [6, 6.07) is 8.25. The molecule has 0 bridgehead atoms. The zero-order valence-electron chi connectivity index (χ0n) is 26.9. The molecule has 4 heterocycles. The third-order valence-corrected chi connectivity index (χ3v) is 10.4. The number of nitrogens with zero attached hydrogens (tertiary/aromatic N) is 7. The maximum Gasteiger partial charge on any atom is 0.358 e. The van der Waals surface area contributed by atoms with Crippen molar-refractivity contribution in [1.82, 2.24) is 40.3 Å². The standard InChI is InChI=1S/C30H37N9O6S3/c1-17(2)28(44-22(41)12-18-8-6-5-7-9-18)45-27(43)24-19(15-48-30-34-35-36-38(30)11-10-37(3)4)14-46-26-23(25(42)39(24)26)33-21(40)13-20-16-47-29(31)32-20/h5-9,16-17,23,26,28H,10-15H2,1-4H3,(H2,31,32)(H,33,40)/t23-,26-,28?/m1/s1. The summed E-state index contributed by atoms with van der Waals surface area (Å²) in [5.41, 5.74) is 7.64. The first-order valence-electron chi connectivity index (χ1n) is 15.1. The first kappa shape index (κ1) is 35.3. The molecule has 48 heavy (non-hydrogen) atoms. The minimum Gasteiger partial charge on any atom is -0.425 e. The van der Waals surface area contributed by atoms with Gasteiger partial charge in [0.05, 0.1) is 25.1 Å². The van der Waals surface area contributed by atoms with E-state index in [1.165, 1.54) is 39.8 Å². The number of amides is 2. The molecule has 0 spiro atoms. The summed E-state index contributed by atoms with van der Waals surface area (Å²) in [5.74, 6) is -1.90. The molecule has 1 unspecified atom stereocenters. The predicted octanol–water partition coefficient (Wildman–Crippen LogP) is 1.57. The number of likely N-dealkylation sites (N-methyl/N-ethyl adjacent to an activating group) is 1. The number of nitrogen functional groups attached to an aromatic ring is 1. The third kappa shape index (κ3) is 8.72. The number of nitrogens with two attached hydrogens (primary N) is 1. The van der Waals surface area contributed by atoms with Gasteiger partial charge in [0.15, 0.2) is 5.13 Å². The fourth-order valence-corrected chi connectivity index (χ4v) is 7.80. The molecule has 0 aliphatic carbocycles. The highest BCUT2D eigenvalue weighted by molar-refractivity contribution is 8.01. The van der Waals surface area contributed by atoms with E-state index in [0.29, 0.717) is 39.6 Å². The Labute approximate surface area is 290 Å². The van der Waals surface area contributed by atoms with Crippen molar-refractivity contribution in [3.05, 3.63) is 58.2 Å². The Morgan fingerprint density at radius 3 is 2.62 bits per heavy atom. The van der Waals surface area contributed by atoms with Gasteiger partial charge in [-0.1, -0.05) is 55.9 Å². The van der Waals surface area contributed by atoms with E-state index in [0.717, 1.165) is 12.1 Å². The van der Waals surface area contributed by atoms with Gasteiger partial charge in [-0.05, 0) is 35.7 Å². The van der Waals surface area contributed by atoms with Gasteiger partial charge in [-0.3, -0.25) is 19.3 Å². The molecule has 0 radical (unpaired) electrons. The molecule has 15 nitrogen and oxygen atoms in total. The Kier molecular flexibility index (Phi) is 11.7. The zero-order chi connectivity index (χ0) is 34.4. The Morgan fingerprint density at radius 1 is 1.17 bits per heavy atom. The molecule has 0 saturated carbocycles. The molecule has 1 saturated heterocycles. The summed E-state index contributed by atoms with van der Waals surface area (Å²) in [6.45, 7) is 4.82. The molecule has 1 aromatic carbocycles. The number of fused-ring (bicyclic) bond motifs is 1. The van der Waals surface area contributed by atoms with E-state index < -0.39 is 35.6 Å². The molecule has 2 aliphatic heterocycles. The van der Waals surface area contributed by atoms with Crippen molar-refractivity contribution in [3.63, 3.8) is 0 Å². The minimum absolute atomic E-state index is 0.00688. The molecular weight excluding hydrogens is 679 g/mol. The van der Waals surface area contributed by atoms with Crippen LogP contribution in [0.3, 0.4) is 0 Å². The van der Waals surface area contributed by atoms with Crippen LogP contribution in [0.5, 0.6) is 0 Å². The van der Waals surface area contributed by atoms with Crippen molar-refractivity contribution in [2.45, 2.75) is 56.1 Å². The monoisotopic (exact) mass is 715 g/mol. The van der Waals surface area contributed by atoms with Crippen LogP contribution in [0.2, 0.25) is 0 Å².